The second-order valence-corrected chi connectivity index (χ2v) is 6.89. The Bertz CT molecular complexity index is 825. The molecule has 1 aliphatic heterocycles. The molecule has 2 atom stereocenters. The molecule has 1 fully saturated rings. The number of aliphatic hydroxyl groups is 1. The Morgan fingerprint density at radius 1 is 1.22 bits per heavy atom. The van der Waals surface area contributed by atoms with Gasteiger partial charge in [0.15, 0.2) is 0 Å². The zero-order valence-corrected chi connectivity index (χ0v) is 15.2. The van der Waals surface area contributed by atoms with Crippen molar-refractivity contribution in [2.75, 3.05) is 13.1 Å². The Balaban J connectivity index is 1.55. The molecule has 3 rings (SSSR count). The number of hydrogen-bond acceptors (Lipinski definition) is 3. The van der Waals surface area contributed by atoms with E-state index in [0.29, 0.717) is 24.1 Å². The minimum absolute atomic E-state index is 0.124. The zero-order chi connectivity index (χ0) is 19.4. The highest BCUT2D eigenvalue weighted by molar-refractivity contribution is 5.94. The minimum atomic E-state index is -0.829. The second-order valence-electron chi connectivity index (χ2n) is 6.89. The highest BCUT2D eigenvalue weighted by atomic mass is 19.1. The van der Waals surface area contributed by atoms with Gasteiger partial charge in [-0.25, -0.2) is 4.39 Å². The summed E-state index contributed by atoms with van der Waals surface area (Å²) in [6.45, 7) is 2.40. The maximum absolute atomic E-state index is 13.2. The third kappa shape index (κ3) is 4.71. The molecule has 2 amide bonds. The molecule has 0 spiro atoms. The van der Waals surface area contributed by atoms with Crippen LogP contribution in [-0.2, 0) is 11.2 Å². The smallest absolute Gasteiger partial charge is 0.253 e. The molecule has 2 N–H and O–H groups in total. The molecule has 6 heteroatoms. The summed E-state index contributed by atoms with van der Waals surface area (Å²) in [4.78, 5) is 26.4. The number of halogens is 1. The van der Waals surface area contributed by atoms with Crippen molar-refractivity contribution in [2.24, 2.45) is 0 Å². The van der Waals surface area contributed by atoms with Gasteiger partial charge in [-0.2, -0.15) is 0 Å². The molecule has 142 valence electrons. The summed E-state index contributed by atoms with van der Waals surface area (Å²) < 4.78 is 13.2. The third-order valence-electron chi connectivity index (χ3n) is 4.89. The lowest BCUT2D eigenvalue weighted by molar-refractivity contribution is -0.122. The Hall–Kier alpha value is -2.73. The number of carbonyl (C=O) groups excluding carboxylic acids is 2. The van der Waals surface area contributed by atoms with Crippen LogP contribution in [0.15, 0.2) is 48.5 Å². The largest absolute Gasteiger partial charge is 0.389 e. The van der Waals surface area contributed by atoms with Crippen LogP contribution in [0, 0.1) is 12.7 Å². The van der Waals surface area contributed by atoms with Crippen LogP contribution in [0.5, 0.6) is 0 Å². The van der Waals surface area contributed by atoms with Crippen molar-refractivity contribution < 1.29 is 19.1 Å². The minimum Gasteiger partial charge on any atom is -0.389 e. The molecule has 1 heterocycles. The van der Waals surface area contributed by atoms with Crippen LogP contribution in [0.1, 0.15) is 27.9 Å². The van der Waals surface area contributed by atoms with E-state index in [1.54, 1.807) is 42.2 Å². The SMILES string of the molecule is Cc1cc(F)ccc1CC(=O)NC1CCN(C(=O)c2ccccc2)CC1O. The Kier molecular flexibility index (Phi) is 5.86. The number of likely N-dealkylation sites (tertiary alicyclic amines) is 1. The normalized spacial score (nSPS) is 19.6. The number of benzene rings is 2. The molecule has 1 aliphatic rings. The fourth-order valence-electron chi connectivity index (χ4n) is 3.34. The van der Waals surface area contributed by atoms with Crippen molar-refractivity contribution in [3.63, 3.8) is 0 Å². The molecule has 0 radical (unpaired) electrons. The van der Waals surface area contributed by atoms with Crippen molar-refractivity contribution in [1.82, 2.24) is 10.2 Å². The van der Waals surface area contributed by atoms with E-state index < -0.39 is 12.1 Å². The molecule has 27 heavy (non-hydrogen) atoms. The van der Waals surface area contributed by atoms with E-state index in [-0.39, 0.29) is 30.6 Å². The average molecular weight is 370 g/mol. The van der Waals surface area contributed by atoms with E-state index in [2.05, 4.69) is 5.32 Å². The van der Waals surface area contributed by atoms with E-state index in [9.17, 15) is 19.1 Å². The number of carbonyl (C=O) groups is 2. The van der Waals surface area contributed by atoms with Crippen LogP contribution in [0.4, 0.5) is 4.39 Å². The molecular formula is C21H23FN2O3. The zero-order valence-electron chi connectivity index (χ0n) is 15.2. The summed E-state index contributed by atoms with van der Waals surface area (Å²) in [7, 11) is 0. The Morgan fingerprint density at radius 3 is 2.63 bits per heavy atom. The lowest BCUT2D eigenvalue weighted by Gasteiger charge is -2.36. The summed E-state index contributed by atoms with van der Waals surface area (Å²) in [5.74, 6) is -0.680. The van der Waals surface area contributed by atoms with Gasteiger partial charge in [0.25, 0.3) is 5.91 Å². The maximum atomic E-state index is 13.2. The lowest BCUT2D eigenvalue weighted by Crippen LogP contribution is -2.55. The standard InChI is InChI=1S/C21H23FN2O3/c1-14-11-17(22)8-7-16(14)12-20(26)23-18-9-10-24(13-19(18)25)21(27)15-5-3-2-4-6-15/h2-8,11,18-19,25H,9-10,12-13H2,1H3,(H,23,26). The molecule has 0 saturated carbocycles. The van der Waals surface area contributed by atoms with Crippen molar-refractivity contribution in [3.05, 3.63) is 71.0 Å². The van der Waals surface area contributed by atoms with E-state index in [0.717, 1.165) is 5.56 Å². The van der Waals surface area contributed by atoms with Crippen LogP contribution in [-0.4, -0.2) is 47.1 Å². The summed E-state index contributed by atoms with van der Waals surface area (Å²) in [6.07, 6.45) is -0.222. The van der Waals surface area contributed by atoms with Crippen LogP contribution < -0.4 is 5.32 Å². The van der Waals surface area contributed by atoms with Crippen molar-refractivity contribution in [1.29, 1.82) is 0 Å². The van der Waals surface area contributed by atoms with Crippen LogP contribution in [0.3, 0.4) is 0 Å². The summed E-state index contributed by atoms with van der Waals surface area (Å²) >= 11 is 0. The average Bonchev–Trinajstić information content (AvgIpc) is 2.66. The number of β-amino-alcohol motifs (C(OH)–C–C–N with tert-alkyl or cyclic N) is 1. The first kappa shape index (κ1) is 19.0. The number of nitrogens with zero attached hydrogens (tertiary/aromatic N) is 1. The molecule has 2 aromatic rings. The van der Waals surface area contributed by atoms with Gasteiger partial charge in [0.05, 0.1) is 18.6 Å². The third-order valence-corrected chi connectivity index (χ3v) is 4.89. The van der Waals surface area contributed by atoms with E-state index in [1.165, 1.54) is 12.1 Å². The van der Waals surface area contributed by atoms with Gasteiger partial charge in [0.2, 0.25) is 5.91 Å². The Morgan fingerprint density at radius 2 is 1.96 bits per heavy atom. The van der Waals surface area contributed by atoms with Gasteiger partial charge in [-0.15, -0.1) is 0 Å². The number of aliphatic hydroxyl groups excluding tert-OH is 1. The highest BCUT2D eigenvalue weighted by Gasteiger charge is 2.31. The van der Waals surface area contributed by atoms with E-state index in [4.69, 9.17) is 0 Å². The topological polar surface area (TPSA) is 69.6 Å². The number of rotatable bonds is 4. The summed E-state index contributed by atoms with van der Waals surface area (Å²) in [6, 6.07) is 12.9. The van der Waals surface area contributed by atoms with Crippen LogP contribution in [0.2, 0.25) is 0 Å². The number of hydrogen-bond donors (Lipinski definition) is 2. The molecule has 1 saturated heterocycles. The number of nitrogens with one attached hydrogen (secondary N) is 1. The fourth-order valence-corrected chi connectivity index (χ4v) is 3.34. The van der Waals surface area contributed by atoms with Gasteiger partial charge in [-0.05, 0) is 48.7 Å². The van der Waals surface area contributed by atoms with Crippen molar-refractivity contribution >= 4 is 11.8 Å². The number of aryl methyl sites for hydroxylation is 1. The molecule has 2 unspecified atom stereocenters. The monoisotopic (exact) mass is 370 g/mol. The van der Waals surface area contributed by atoms with Crippen molar-refractivity contribution in [2.45, 2.75) is 31.9 Å². The second kappa shape index (κ2) is 8.31. The number of amides is 2. The first-order valence-electron chi connectivity index (χ1n) is 9.01. The van der Waals surface area contributed by atoms with Crippen LogP contribution >= 0.6 is 0 Å². The first-order valence-corrected chi connectivity index (χ1v) is 9.01. The molecule has 0 bridgehead atoms. The summed E-state index contributed by atoms with van der Waals surface area (Å²) in [5.41, 5.74) is 2.05. The molecule has 0 aliphatic carbocycles. The summed E-state index contributed by atoms with van der Waals surface area (Å²) in [5, 5.41) is 13.2. The maximum Gasteiger partial charge on any atom is 0.253 e. The molecule has 2 aromatic carbocycles. The quantitative estimate of drug-likeness (QED) is 0.866. The van der Waals surface area contributed by atoms with E-state index >= 15 is 0 Å². The molecule has 0 aromatic heterocycles. The van der Waals surface area contributed by atoms with Gasteiger partial charge in [0.1, 0.15) is 5.82 Å². The predicted molar refractivity (Wildman–Crippen MR) is 99.7 cm³/mol. The van der Waals surface area contributed by atoms with Gasteiger partial charge in [-0.1, -0.05) is 24.3 Å². The fraction of sp³-hybridized carbons (Fsp3) is 0.333. The Labute approximate surface area is 157 Å². The highest BCUT2D eigenvalue weighted by Crippen LogP contribution is 2.16. The van der Waals surface area contributed by atoms with Gasteiger partial charge < -0.3 is 15.3 Å². The number of piperidine rings is 1. The molecular weight excluding hydrogens is 347 g/mol. The predicted octanol–water partition coefficient (Wildman–Crippen LogP) is 2.07. The van der Waals surface area contributed by atoms with Crippen molar-refractivity contribution in [3.8, 4) is 0 Å². The first-order chi connectivity index (χ1) is 12.9. The lowest BCUT2D eigenvalue weighted by atomic mass is 9.99. The van der Waals surface area contributed by atoms with E-state index in [1.807, 2.05) is 6.07 Å². The van der Waals surface area contributed by atoms with Gasteiger partial charge >= 0.3 is 0 Å². The van der Waals surface area contributed by atoms with Gasteiger partial charge in [0, 0.05) is 18.7 Å². The van der Waals surface area contributed by atoms with Crippen LogP contribution in [0.25, 0.3) is 0 Å². The van der Waals surface area contributed by atoms with Gasteiger partial charge in [-0.3, -0.25) is 9.59 Å². The molecule has 5 nitrogen and oxygen atoms in total.